The summed E-state index contributed by atoms with van der Waals surface area (Å²) in [5.41, 5.74) is -0.964. The Kier molecular flexibility index (Phi) is 4.59. The lowest BCUT2D eigenvalue weighted by Crippen LogP contribution is -2.46. The second kappa shape index (κ2) is 6.11. The van der Waals surface area contributed by atoms with Crippen LogP contribution in [0.15, 0.2) is 5.38 Å². The summed E-state index contributed by atoms with van der Waals surface area (Å²) < 4.78 is 37.4. The van der Waals surface area contributed by atoms with Gasteiger partial charge in [-0.15, -0.1) is 11.3 Å². The molecular weight excluding hydrogens is 321 g/mol. The Labute approximate surface area is 128 Å². The molecule has 1 aliphatic heterocycles. The Morgan fingerprint density at radius 2 is 2.27 bits per heavy atom. The quantitative estimate of drug-likeness (QED) is 0.910. The van der Waals surface area contributed by atoms with Gasteiger partial charge in [0.15, 0.2) is 5.69 Å². The highest BCUT2D eigenvalue weighted by molar-refractivity contribution is 7.09. The van der Waals surface area contributed by atoms with E-state index in [-0.39, 0.29) is 17.5 Å². The molecule has 2 heterocycles. The van der Waals surface area contributed by atoms with Crippen molar-refractivity contribution >= 4 is 23.3 Å². The molecule has 2 rings (SSSR count). The van der Waals surface area contributed by atoms with Crippen LogP contribution in [0.5, 0.6) is 0 Å². The van der Waals surface area contributed by atoms with Crippen molar-refractivity contribution in [2.45, 2.75) is 25.2 Å². The second-order valence-electron chi connectivity index (χ2n) is 5.03. The van der Waals surface area contributed by atoms with E-state index in [1.165, 1.54) is 16.8 Å². The fourth-order valence-corrected chi connectivity index (χ4v) is 2.86. The summed E-state index contributed by atoms with van der Waals surface area (Å²) in [6.07, 6.45) is -3.97. The van der Waals surface area contributed by atoms with Gasteiger partial charge in [0.05, 0.1) is 6.54 Å². The van der Waals surface area contributed by atoms with Crippen LogP contribution in [0.3, 0.4) is 0 Å². The molecule has 3 amide bonds. The highest BCUT2D eigenvalue weighted by atomic mass is 32.1. The normalized spacial score (nSPS) is 18.7. The molecule has 0 bridgehead atoms. The van der Waals surface area contributed by atoms with Crippen molar-refractivity contribution in [2.75, 3.05) is 20.6 Å². The number of urea groups is 1. The number of halogens is 3. The minimum absolute atomic E-state index is 0.0523. The Hall–Kier alpha value is -1.84. The van der Waals surface area contributed by atoms with Crippen molar-refractivity contribution in [1.82, 2.24) is 20.1 Å². The molecule has 0 saturated carbocycles. The van der Waals surface area contributed by atoms with Gasteiger partial charge in [0.1, 0.15) is 11.0 Å². The summed E-state index contributed by atoms with van der Waals surface area (Å²) in [7, 11) is 3.08. The molecule has 1 aliphatic rings. The number of carbonyl (C=O) groups is 2. The van der Waals surface area contributed by atoms with Gasteiger partial charge in [-0.2, -0.15) is 13.2 Å². The number of aromatic nitrogens is 1. The summed E-state index contributed by atoms with van der Waals surface area (Å²) >= 11 is 0.838. The monoisotopic (exact) mass is 336 g/mol. The van der Waals surface area contributed by atoms with Gasteiger partial charge < -0.3 is 15.1 Å². The van der Waals surface area contributed by atoms with Crippen LogP contribution in [0.4, 0.5) is 18.0 Å². The number of alkyl halides is 3. The smallest absolute Gasteiger partial charge is 0.344 e. The highest BCUT2D eigenvalue weighted by Gasteiger charge is 2.34. The lowest BCUT2D eigenvalue weighted by Gasteiger charge is -2.19. The molecule has 0 spiro atoms. The summed E-state index contributed by atoms with van der Waals surface area (Å²) in [5.74, 6) is -0.171. The van der Waals surface area contributed by atoms with Crippen LogP contribution < -0.4 is 5.32 Å². The molecule has 1 aromatic heterocycles. The maximum atomic E-state index is 12.5. The molecule has 10 heteroatoms. The molecule has 1 aromatic rings. The molecular formula is C12H15F3N4O2S. The number of amides is 3. The van der Waals surface area contributed by atoms with Gasteiger partial charge in [-0.05, 0) is 6.42 Å². The molecule has 1 saturated heterocycles. The van der Waals surface area contributed by atoms with Gasteiger partial charge in [-0.25, -0.2) is 9.78 Å². The molecule has 22 heavy (non-hydrogen) atoms. The number of carbonyl (C=O) groups excluding carboxylic acids is 2. The first-order valence-electron chi connectivity index (χ1n) is 6.46. The van der Waals surface area contributed by atoms with Gasteiger partial charge in [0.25, 0.3) is 0 Å². The predicted molar refractivity (Wildman–Crippen MR) is 73.2 cm³/mol. The Morgan fingerprint density at radius 1 is 1.59 bits per heavy atom. The van der Waals surface area contributed by atoms with E-state index in [0.717, 1.165) is 16.7 Å². The fraction of sp³-hybridized carbons (Fsp3) is 0.583. The minimum atomic E-state index is -4.49. The van der Waals surface area contributed by atoms with E-state index in [9.17, 15) is 22.8 Å². The average molecular weight is 336 g/mol. The first-order chi connectivity index (χ1) is 10.2. The topological polar surface area (TPSA) is 65.5 Å². The van der Waals surface area contributed by atoms with Crippen LogP contribution in [0, 0.1) is 0 Å². The number of nitrogens with one attached hydrogen (secondary N) is 1. The Balaban J connectivity index is 1.91. The summed E-state index contributed by atoms with van der Waals surface area (Å²) in [4.78, 5) is 29.8. The third kappa shape index (κ3) is 3.67. The zero-order valence-corrected chi connectivity index (χ0v) is 12.8. The first kappa shape index (κ1) is 16.5. The third-order valence-electron chi connectivity index (χ3n) is 3.29. The van der Waals surface area contributed by atoms with E-state index >= 15 is 0 Å². The van der Waals surface area contributed by atoms with Gasteiger partial charge in [-0.1, -0.05) is 0 Å². The predicted octanol–water partition coefficient (Wildman–Crippen LogP) is 1.53. The number of nitrogens with zero attached hydrogens (tertiary/aromatic N) is 3. The zero-order chi connectivity index (χ0) is 16.5. The molecule has 1 atom stereocenters. The number of hydrogen-bond donors (Lipinski definition) is 1. The van der Waals surface area contributed by atoms with Gasteiger partial charge >= 0.3 is 12.2 Å². The SMILES string of the molecule is CN(Cc1nc(C(F)(F)F)cs1)C(=O)NC1CCN(C)C1=O. The Morgan fingerprint density at radius 3 is 2.77 bits per heavy atom. The number of thiazole rings is 1. The Bertz CT molecular complexity index is 575. The molecule has 6 nitrogen and oxygen atoms in total. The third-order valence-corrected chi connectivity index (χ3v) is 4.12. The lowest BCUT2D eigenvalue weighted by atomic mass is 10.2. The van der Waals surface area contributed by atoms with Gasteiger partial charge in [0, 0.05) is 26.0 Å². The molecule has 1 unspecified atom stereocenters. The van der Waals surface area contributed by atoms with Crippen LogP contribution in [0.25, 0.3) is 0 Å². The van der Waals surface area contributed by atoms with E-state index in [4.69, 9.17) is 0 Å². The molecule has 0 aromatic carbocycles. The molecule has 122 valence electrons. The number of likely N-dealkylation sites (N-methyl/N-ethyl adjacent to an activating group) is 1. The van der Waals surface area contributed by atoms with Crippen molar-refractivity contribution in [1.29, 1.82) is 0 Å². The van der Waals surface area contributed by atoms with E-state index in [1.807, 2.05) is 0 Å². The minimum Gasteiger partial charge on any atom is -0.344 e. The highest BCUT2D eigenvalue weighted by Crippen LogP contribution is 2.30. The second-order valence-corrected chi connectivity index (χ2v) is 5.97. The standard InChI is InChI=1S/C12H15F3N4O2S/c1-18-4-3-7(10(18)20)16-11(21)19(2)5-9-17-8(6-22-9)12(13,14)15/h6-7H,3-5H2,1-2H3,(H,16,21). The average Bonchev–Trinajstić information content (AvgIpc) is 3.00. The summed E-state index contributed by atoms with van der Waals surface area (Å²) in [6, 6.07) is -1.10. The van der Waals surface area contributed by atoms with Crippen LogP contribution >= 0.6 is 11.3 Å². The van der Waals surface area contributed by atoms with E-state index < -0.39 is 23.9 Å². The molecule has 1 fully saturated rings. The van der Waals surface area contributed by atoms with Crippen molar-refractivity contribution < 1.29 is 22.8 Å². The van der Waals surface area contributed by atoms with Crippen LogP contribution in [-0.2, 0) is 17.5 Å². The van der Waals surface area contributed by atoms with Crippen LogP contribution in [0.1, 0.15) is 17.1 Å². The van der Waals surface area contributed by atoms with Crippen molar-refractivity contribution in [3.05, 3.63) is 16.1 Å². The maximum absolute atomic E-state index is 12.5. The van der Waals surface area contributed by atoms with E-state index in [2.05, 4.69) is 10.3 Å². The molecule has 1 N–H and O–H groups in total. The van der Waals surface area contributed by atoms with E-state index in [0.29, 0.717) is 13.0 Å². The fourth-order valence-electron chi connectivity index (χ4n) is 2.00. The van der Waals surface area contributed by atoms with Crippen molar-refractivity contribution in [3.8, 4) is 0 Å². The van der Waals surface area contributed by atoms with Crippen LogP contribution in [-0.4, -0.2) is 53.4 Å². The zero-order valence-electron chi connectivity index (χ0n) is 12.0. The largest absolute Gasteiger partial charge is 0.434 e. The number of likely N-dealkylation sites (tertiary alicyclic amines) is 1. The molecule has 0 aliphatic carbocycles. The summed E-state index contributed by atoms with van der Waals surface area (Å²) in [6.45, 7) is 0.512. The number of hydrogen-bond acceptors (Lipinski definition) is 4. The molecule has 0 radical (unpaired) electrons. The maximum Gasteiger partial charge on any atom is 0.434 e. The van der Waals surface area contributed by atoms with Crippen molar-refractivity contribution in [2.24, 2.45) is 0 Å². The first-order valence-corrected chi connectivity index (χ1v) is 7.34. The van der Waals surface area contributed by atoms with Crippen molar-refractivity contribution in [3.63, 3.8) is 0 Å². The lowest BCUT2D eigenvalue weighted by molar-refractivity contribution is -0.140. The van der Waals surface area contributed by atoms with Gasteiger partial charge in [-0.3, -0.25) is 4.79 Å². The van der Waals surface area contributed by atoms with E-state index in [1.54, 1.807) is 7.05 Å². The number of rotatable bonds is 3. The van der Waals surface area contributed by atoms with Crippen LogP contribution in [0.2, 0.25) is 0 Å². The summed E-state index contributed by atoms with van der Waals surface area (Å²) in [5, 5.41) is 3.66. The van der Waals surface area contributed by atoms with Gasteiger partial charge in [0.2, 0.25) is 5.91 Å².